The van der Waals surface area contributed by atoms with Gasteiger partial charge in [0.05, 0.1) is 30.0 Å². The van der Waals surface area contributed by atoms with Crippen molar-refractivity contribution in [3.05, 3.63) is 28.4 Å². The number of nitrogens with zero attached hydrogens (tertiary/aromatic N) is 4. The van der Waals surface area contributed by atoms with Crippen molar-refractivity contribution in [3.8, 4) is 22.8 Å². The van der Waals surface area contributed by atoms with E-state index in [4.69, 9.17) is 42.6 Å². The molecule has 1 aliphatic carbocycles. The fourth-order valence-corrected chi connectivity index (χ4v) is 5.50. The van der Waals surface area contributed by atoms with E-state index < -0.39 is 0 Å². The number of rotatable bonds is 5. The molecule has 0 bridgehead atoms. The Bertz CT molecular complexity index is 1150. The summed E-state index contributed by atoms with van der Waals surface area (Å²) in [6.45, 7) is 2.00. The van der Waals surface area contributed by atoms with E-state index in [-0.39, 0.29) is 0 Å². The van der Waals surface area contributed by atoms with Gasteiger partial charge in [-0.25, -0.2) is 15.0 Å². The van der Waals surface area contributed by atoms with Gasteiger partial charge in [-0.15, -0.1) is 0 Å². The first kappa shape index (κ1) is 20.9. The maximum absolute atomic E-state index is 6.68. The maximum atomic E-state index is 6.68. The average molecular weight is 477 g/mol. The number of hydrogen-bond donors (Lipinski definition) is 0. The Morgan fingerprint density at radius 3 is 2.26 bits per heavy atom. The van der Waals surface area contributed by atoms with Crippen LogP contribution in [-0.4, -0.2) is 48.5 Å². The molecule has 0 unspecified atom stereocenters. The summed E-state index contributed by atoms with van der Waals surface area (Å²) in [4.78, 5) is 16.5. The molecule has 31 heavy (non-hydrogen) atoms. The highest BCUT2D eigenvalue weighted by molar-refractivity contribution is 7.98. The van der Waals surface area contributed by atoms with E-state index in [0.717, 1.165) is 35.0 Å². The molecule has 1 spiro atoms. The Labute approximate surface area is 195 Å². The quantitative estimate of drug-likeness (QED) is 0.344. The average Bonchev–Trinajstić information content (AvgIpc) is 2.71. The fraction of sp³-hybridized carbons (Fsp3) is 0.409. The molecule has 0 radical (unpaired) electrons. The van der Waals surface area contributed by atoms with Gasteiger partial charge in [0.2, 0.25) is 0 Å². The van der Waals surface area contributed by atoms with Crippen LogP contribution < -0.4 is 14.4 Å². The summed E-state index contributed by atoms with van der Waals surface area (Å²) in [6.07, 6.45) is 7.70. The van der Waals surface area contributed by atoms with E-state index in [1.807, 2.05) is 18.5 Å². The third-order valence-electron chi connectivity index (χ3n) is 6.30. The number of methoxy groups -OCH3 is 2. The number of fused-ring (bicyclic) bond motifs is 1. The number of pyridine rings is 1. The molecule has 0 atom stereocenters. The molecule has 0 amide bonds. The Kier molecular flexibility index (Phi) is 5.31. The minimum absolute atomic E-state index is 0.395. The molecule has 3 aromatic rings. The van der Waals surface area contributed by atoms with E-state index in [1.165, 1.54) is 31.0 Å². The Morgan fingerprint density at radius 2 is 1.71 bits per heavy atom. The van der Waals surface area contributed by atoms with Crippen molar-refractivity contribution in [1.29, 1.82) is 0 Å². The molecule has 1 aliphatic heterocycles. The Hall–Kier alpha value is -1.96. The zero-order valence-electron chi connectivity index (χ0n) is 17.5. The summed E-state index contributed by atoms with van der Waals surface area (Å²) in [6, 6.07) is 3.60. The second kappa shape index (κ2) is 7.87. The third-order valence-corrected chi connectivity index (χ3v) is 7.62. The smallest absolute Gasteiger partial charge is 0.187 e. The van der Waals surface area contributed by atoms with Crippen LogP contribution in [0, 0.1) is 5.41 Å². The summed E-state index contributed by atoms with van der Waals surface area (Å²) in [5.41, 5.74) is 2.52. The number of benzene rings is 1. The molecular weight excluding hydrogens is 455 g/mol. The van der Waals surface area contributed by atoms with E-state index in [2.05, 4.69) is 9.88 Å². The normalized spacial score (nSPS) is 16.9. The van der Waals surface area contributed by atoms with Crippen LogP contribution in [0.5, 0.6) is 11.5 Å². The van der Waals surface area contributed by atoms with Crippen LogP contribution in [0.3, 0.4) is 0 Å². The molecule has 2 aromatic heterocycles. The minimum Gasteiger partial charge on any atom is -0.495 e. The lowest BCUT2D eigenvalue weighted by atomic mass is 9.63. The lowest BCUT2D eigenvalue weighted by Gasteiger charge is -2.56. The van der Waals surface area contributed by atoms with Crippen molar-refractivity contribution in [1.82, 2.24) is 15.0 Å². The first-order valence-electron chi connectivity index (χ1n) is 10.1. The number of hydrogen-bond acceptors (Lipinski definition) is 7. The van der Waals surface area contributed by atoms with Gasteiger partial charge in [0.25, 0.3) is 0 Å². The van der Waals surface area contributed by atoms with E-state index in [9.17, 15) is 0 Å². The number of aromatic nitrogens is 3. The molecule has 5 rings (SSSR count). The van der Waals surface area contributed by atoms with Crippen LogP contribution in [0.1, 0.15) is 19.3 Å². The van der Waals surface area contributed by atoms with Gasteiger partial charge in [-0.1, -0.05) is 41.4 Å². The van der Waals surface area contributed by atoms with Crippen molar-refractivity contribution in [3.63, 3.8) is 0 Å². The second-order valence-electron chi connectivity index (χ2n) is 8.12. The van der Waals surface area contributed by atoms with Crippen molar-refractivity contribution in [2.24, 2.45) is 5.41 Å². The van der Waals surface area contributed by atoms with Crippen LogP contribution in [0.15, 0.2) is 23.5 Å². The lowest BCUT2D eigenvalue weighted by molar-refractivity contribution is 0.0899. The van der Waals surface area contributed by atoms with E-state index in [0.29, 0.717) is 38.2 Å². The molecule has 9 heteroatoms. The molecule has 162 valence electrons. The van der Waals surface area contributed by atoms with Gasteiger partial charge in [-0.3, -0.25) is 0 Å². The highest BCUT2D eigenvalue weighted by atomic mass is 35.5. The van der Waals surface area contributed by atoms with E-state index in [1.54, 1.807) is 20.3 Å². The fourth-order valence-electron chi connectivity index (χ4n) is 4.47. The Morgan fingerprint density at radius 1 is 1.03 bits per heavy atom. The van der Waals surface area contributed by atoms with Crippen LogP contribution in [0.4, 0.5) is 5.82 Å². The van der Waals surface area contributed by atoms with Crippen LogP contribution >= 0.6 is 35.0 Å². The summed E-state index contributed by atoms with van der Waals surface area (Å²) in [5.74, 6) is 1.80. The highest BCUT2D eigenvalue weighted by Gasteiger charge is 2.48. The SMILES string of the molecule is COc1cc(OC)c(Cl)c(-c2cc3cnc(SC)nc3c(N3CC4(CCC4)C3)n2)c1Cl. The predicted molar refractivity (Wildman–Crippen MR) is 126 cm³/mol. The summed E-state index contributed by atoms with van der Waals surface area (Å²) >= 11 is 14.9. The molecule has 1 aromatic carbocycles. The number of anilines is 1. The van der Waals surface area contributed by atoms with Gasteiger partial charge >= 0.3 is 0 Å². The monoisotopic (exact) mass is 476 g/mol. The molecule has 1 saturated carbocycles. The molecule has 2 fully saturated rings. The van der Waals surface area contributed by atoms with Crippen molar-refractivity contribution in [2.45, 2.75) is 24.4 Å². The summed E-state index contributed by atoms with van der Waals surface area (Å²) in [7, 11) is 3.13. The van der Waals surface area contributed by atoms with Gasteiger partial charge in [-0.05, 0) is 25.2 Å². The second-order valence-corrected chi connectivity index (χ2v) is 9.65. The Balaban J connectivity index is 1.70. The molecule has 2 aliphatic rings. The minimum atomic E-state index is 0.395. The largest absolute Gasteiger partial charge is 0.495 e. The van der Waals surface area contributed by atoms with Crippen LogP contribution in [0.2, 0.25) is 10.0 Å². The molecular formula is C22H22Cl2N4O2S. The van der Waals surface area contributed by atoms with Gasteiger partial charge < -0.3 is 14.4 Å². The molecule has 0 N–H and O–H groups in total. The van der Waals surface area contributed by atoms with Crippen LogP contribution in [0.25, 0.3) is 22.2 Å². The topological polar surface area (TPSA) is 60.4 Å². The number of ether oxygens (including phenoxy) is 2. The van der Waals surface area contributed by atoms with E-state index >= 15 is 0 Å². The zero-order chi connectivity index (χ0) is 21.8. The number of halogens is 2. The maximum Gasteiger partial charge on any atom is 0.187 e. The van der Waals surface area contributed by atoms with Crippen LogP contribution in [-0.2, 0) is 0 Å². The first-order chi connectivity index (χ1) is 15.0. The summed E-state index contributed by atoms with van der Waals surface area (Å²) < 4.78 is 10.9. The molecule has 6 nitrogen and oxygen atoms in total. The van der Waals surface area contributed by atoms with Gasteiger partial charge in [0.15, 0.2) is 11.0 Å². The van der Waals surface area contributed by atoms with Gasteiger partial charge in [0.1, 0.15) is 17.0 Å². The third kappa shape index (κ3) is 3.38. The first-order valence-corrected chi connectivity index (χ1v) is 12.0. The number of thioether (sulfide) groups is 1. The van der Waals surface area contributed by atoms with Crippen molar-refractivity contribution >= 4 is 51.7 Å². The van der Waals surface area contributed by atoms with Crippen molar-refractivity contribution in [2.75, 3.05) is 38.5 Å². The summed E-state index contributed by atoms with van der Waals surface area (Å²) in [5, 5.41) is 2.40. The zero-order valence-corrected chi connectivity index (χ0v) is 19.9. The lowest BCUT2D eigenvalue weighted by Crippen LogP contribution is -2.60. The van der Waals surface area contributed by atoms with Crippen molar-refractivity contribution < 1.29 is 9.47 Å². The molecule has 3 heterocycles. The molecule has 1 saturated heterocycles. The predicted octanol–water partition coefficient (Wildman–Crippen LogP) is 5.73. The standard InChI is InChI=1S/C22H22Cl2N4O2S/c1-29-14-8-15(30-2)18(24)16(17(14)23)13-7-12-9-25-21(31-3)27-19(12)20(26-13)28-10-22(11-28)5-4-6-22/h7-9H,4-6,10-11H2,1-3H3. The van der Waals surface area contributed by atoms with Gasteiger partial charge in [-0.2, -0.15) is 0 Å². The van der Waals surface area contributed by atoms with Gasteiger partial charge in [0, 0.05) is 41.7 Å². The highest BCUT2D eigenvalue weighted by Crippen LogP contribution is 2.51.